The van der Waals surface area contributed by atoms with Crippen molar-refractivity contribution in [3.05, 3.63) is 58.4 Å². The van der Waals surface area contributed by atoms with Crippen molar-refractivity contribution in [1.29, 1.82) is 5.26 Å². The van der Waals surface area contributed by atoms with Crippen LogP contribution in [0.2, 0.25) is 0 Å². The number of rotatable bonds is 5. The van der Waals surface area contributed by atoms with Crippen LogP contribution in [-0.4, -0.2) is 13.6 Å². The minimum Gasteiger partial charge on any atom is -0.372 e. The van der Waals surface area contributed by atoms with Crippen LogP contribution in [0.4, 0.5) is 4.39 Å². The number of nitrogens with zero attached hydrogens (tertiary/aromatic N) is 1. The second-order valence-electron chi connectivity index (χ2n) is 5.73. The third-order valence-corrected chi connectivity index (χ3v) is 4.27. The third-order valence-electron chi connectivity index (χ3n) is 4.27. The highest BCUT2D eigenvalue weighted by atomic mass is 19.1. The average Bonchev–Trinajstić information content (AvgIpc) is 3.03. The molecule has 2 aromatic carbocycles. The van der Waals surface area contributed by atoms with E-state index in [0.717, 1.165) is 47.2 Å². The van der Waals surface area contributed by atoms with Crippen LogP contribution in [0.25, 0.3) is 11.1 Å². The highest BCUT2D eigenvalue weighted by Gasteiger charge is 2.22. The molecule has 0 radical (unpaired) electrons. The first-order chi connectivity index (χ1) is 11.2. The molecule has 3 rings (SSSR count). The fraction of sp³-hybridized carbons (Fsp3) is 0.316. The lowest BCUT2D eigenvalue weighted by Crippen LogP contribution is -2.10. The zero-order chi connectivity index (χ0) is 16.2. The number of halogens is 1. The summed E-state index contributed by atoms with van der Waals surface area (Å²) >= 11 is 0. The average molecular weight is 310 g/mol. The van der Waals surface area contributed by atoms with Gasteiger partial charge in [0.1, 0.15) is 11.9 Å². The van der Waals surface area contributed by atoms with E-state index in [0.29, 0.717) is 18.8 Å². The number of nitrogens with one attached hydrogen (secondary N) is 1. The van der Waals surface area contributed by atoms with Crippen molar-refractivity contribution in [2.45, 2.75) is 26.1 Å². The molecule has 1 aliphatic rings. The first-order valence-electron chi connectivity index (χ1n) is 7.80. The predicted octanol–water partition coefficient (Wildman–Crippen LogP) is 3.55. The van der Waals surface area contributed by atoms with E-state index in [1.54, 1.807) is 12.1 Å². The van der Waals surface area contributed by atoms with Gasteiger partial charge in [-0.15, -0.1) is 0 Å². The quantitative estimate of drug-likeness (QED) is 0.859. The molecule has 4 heteroatoms. The predicted molar refractivity (Wildman–Crippen MR) is 87.3 cm³/mol. The van der Waals surface area contributed by atoms with Crippen molar-refractivity contribution >= 4 is 0 Å². The van der Waals surface area contributed by atoms with Gasteiger partial charge in [0.15, 0.2) is 0 Å². The number of hydrogen-bond donors (Lipinski definition) is 1. The summed E-state index contributed by atoms with van der Waals surface area (Å²) in [6.07, 6.45) is 1.80. The van der Waals surface area contributed by atoms with Crippen LogP contribution in [-0.2, 0) is 24.4 Å². The van der Waals surface area contributed by atoms with E-state index in [1.165, 1.54) is 12.1 Å². The summed E-state index contributed by atoms with van der Waals surface area (Å²) in [5, 5.41) is 12.9. The van der Waals surface area contributed by atoms with Gasteiger partial charge in [-0.1, -0.05) is 12.1 Å². The Kier molecular flexibility index (Phi) is 4.71. The molecular weight excluding hydrogens is 291 g/mol. The number of ether oxygens (including phenoxy) is 1. The molecule has 1 N–H and O–H groups in total. The van der Waals surface area contributed by atoms with E-state index in [9.17, 15) is 9.65 Å². The molecule has 0 aromatic heterocycles. The van der Waals surface area contributed by atoms with E-state index < -0.39 is 0 Å². The number of fused-ring (bicyclic) bond motifs is 1. The fourth-order valence-electron chi connectivity index (χ4n) is 3.12. The van der Waals surface area contributed by atoms with Crippen LogP contribution in [0, 0.1) is 17.1 Å². The number of hydrogen-bond acceptors (Lipinski definition) is 3. The SMILES string of the molecule is CNCCCc1c(C#N)c(-c2ccc(F)cc2)cc2c1COC2. The Balaban J connectivity index is 2.11. The lowest BCUT2D eigenvalue weighted by Gasteiger charge is -2.15. The van der Waals surface area contributed by atoms with E-state index in [1.807, 2.05) is 13.1 Å². The Bertz CT molecular complexity index is 747. The molecular formula is C19H19FN2O. The van der Waals surface area contributed by atoms with Crippen molar-refractivity contribution in [3.63, 3.8) is 0 Å². The molecule has 0 amide bonds. The lowest BCUT2D eigenvalue weighted by atomic mass is 9.88. The first kappa shape index (κ1) is 15.7. The summed E-state index contributed by atoms with van der Waals surface area (Å²) in [4.78, 5) is 0. The van der Waals surface area contributed by atoms with Crippen LogP contribution in [0.15, 0.2) is 30.3 Å². The summed E-state index contributed by atoms with van der Waals surface area (Å²) in [6.45, 7) is 2.05. The molecule has 118 valence electrons. The van der Waals surface area contributed by atoms with Gasteiger partial charge >= 0.3 is 0 Å². The molecule has 2 aromatic rings. The van der Waals surface area contributed by atoms with Gasteiger partial charge in [0.2, 0.25) is 0 Å². The zero-order valence-corrected chi connectivity index (χ0v) is 13.2. The van der Waals surface area contributed by atoms with E-state index in [4.69, 9.17) is 4.74 Å². The highest BCUT2D eigenvalue weighted by Crippen LogP contribution is 2.35. The largest absolute Gasteiger partial charge is 0.372 e. The van der Waals surface area contributed by atoms with Gasteiger partial charge in [-0.05, 0) is 66.9 Å². The van der Waals surface area contributed by atoms with E-state index in [2.05, 4.69) is 11.4 Å². The van der Waals surface area contributed by atoms with Gasteiger partial charge in [0.25, 0.3) is 0 Å². The summed E-state index contributed by atoms with van der Waals surface area (Å²) in [7, 11) is 1.92. The minimum absolute atomic E-state index is 0.272. The Morgan fingerprint density at radius 1 is 1.26 bits per heavy atom. The number of nitriles is 1. The molecule has 0 saturated carbocycles. The maximum atomic E-state index is 13.2. The van der Waals surface area contributed by atoms with Gasteiger partial charge < -0.3 is 10.1 Å². The van der Waals surface area contributed by atoms with Gasteiger partial charge in [-0.2, -0.15) is 5.26 Å². The third kappa shape index (κ3) is 3.12. The minimum atomic E-state index is -0.272. The lowest BCUT2D eigenvalue weighted by molar-refractivity contribution is 0.134. The first-order valence-corrected chi connectivity index (χ1v) is 7.80. The van der Waals surface area contributed by atoms with Crippen molar-refractivity contribution in [3.8, 4) is 17.2 Å². The summed E-state index contributed by atoms with van der Waals surface area (Å²) in [5.41, 5.74) is 5.81. The topological polar surface area (TPSA) is 45.0 Å². The molecule has 0 spiro atoms. The maximum absolute atomic E-state index is 13.2. The van der Waals surface area contributed by atoms with Crippen molar-refractivity contribution in [1.82, 2.24) is 5.32 Å². The van der Waals surface area contributed by atoms with Crippen molar-refractivity contribution in [2.75, 3.05) is 13.6 Å². The Labute approximate surface area is 135 Å². The standard InChI is InChI=1S/C19H19FN2O/c1-22-8-2-3-16-18(10-21)17(9-14-11-23-12-19(14)16)13-4-6-15(20)7-5-13/h4-7,9,22H,2-3,8,11-12H2,1H3. The molecule has 0 unspecified atom stereocenters. The molecule has 0 atom stereocenters. The van der Waals surface area contributed by atoms with Gasteiger partial charge in [-0.25, -0.2) is 4.39 Å². The van der Waals surface area contributed by atoms with Crippen LogP contribution < -0.4 is 5.32 Å². The van der Waals surface area contributed by atoms with Gasteiger partial charge in [-0.3, -0.25) is 0 Å². The van der Waals surface area contributed by atoms with Crippen molar-refractivity contribution in [2.24, 2.45) is 0 Å². The molecule has 0 saturated heterocycles. The number of benzene rings is 2. The molecule has 0 fully saturated rings. The van der Waals surface area contributed by atoms with Gasteiger partial charge in [0, 0.05) is 5.56 Å². The normalized spacial score (nSPS) is 12.9. The van der Waals surface area contributed by atoms with Gasteiger partial charge in [0.05, 0.1) is 18.8 Å². The summed E-state index contributed by atoms with van der Waals surface area (Å²) < 4.78 is 18.8. The molecule has 3 nitrogen and oxygen atoms in total. The fourth-order valence-corrected chi connectivity index (χ4v) is 3.12. The van der Waals surface area contributed by atoms with E-state index in [-0.39, 0.29) is 5.82 Å². The Hall–Kier alpha value is -2.22. The van der Waals surface area contributed by atoms with Crippen LogP contribution >= 0.6 is 0 Å². The molecule has 0 bridgehead atoms. The molecule has 1 heterocycles. The second-order valence-corrected chi connectivity index (χ2v) is 5.73. The van der Waals surface area contributed by atoms with Crippen LogP contribution in [0.3, 0.4) is 0 Å². The second kappa shape index (κ2) is 6.91. The highest BCUT2D eigenvalue weighted by molar-refractivity contribution is 5.74. The maximum Gasteiger partial charge on any atom is 0.123 e. The Morgan fingerprint density at radius 2 is 2.04 bits per heavy atom. The Morgan fingerprint density at radius 3 is 2.74 bits per heavy atom. The summed E-state index contributed by atoms with van der Waals surface area (Å²) in [6, 6.07) is 10.7. The van der Waals surface area contributed by atoms with E-state index >= 15 is 0 Å². The molecule has 0 aliphatic carbocycles. The smallest absolute Gasteiger partial charge is 0.123 e. The monoisotopic (exact) mass is 310 g/mol. The molecule has 1 aliphatic heterocycles. The van der Waals surface area contributed by atoms with Crippen LogP contribution in [0.1, 0.15) is 28.7 Å². The summed E-state index contributed by atoms with van der Waals surface area (Å²) in [5.74, 6) is -0.272. The zero-order valence-electron chi connectivity index (χ0n) is 13.2. The van der Waals surface area contributed by atoms with Crippen molar-refractivity contribution < 1.29 is 9.13 Å². The van der Waals surface area contributed by atoms with Crippen LogP contribution in [0.5, 0.6) is 0 Å². The molecule has 23 heavy (non-hydrogen) atoms.